The van der Waals surface area contributed by atoms with Gasteiger partial charge in [-0.1, -0.05) is 29.8 Å². The molecular formula is C16H15ClN2O4. The topological polar surface area (TPSA) is 90.7 Å². The number of para-hydroxylation sites is 1. The zero-order valence-electron chi connectivity index (χ0n) is 12.1. The van der Waals surface area contributed by atoms with Crippen LogP contribution in [0.15, 0.2) is 48.5 Å². The molecule has 2 aromatic carbocycles. The maximum absolute atomic E-state index is 11.9. The van der Waals surface area contributed by atoms with Gasteiger partial charge < -0.3 is 20.5 Å². The number of anilines is 1. The lowest BCUT2D eigenvalue weighted by atomic mass is 10.3. The molecule has 0 saturated carbocycles. The normalized spacial score (nSPS) is 9.96. The van der Waals surface area contributed by atoms with Crippen molar-refractivity contribution in [1.82, 2.24) is 0 Å². The van der Waals surface area contributed by atoms with Crippen LogP contribution in [0.5, 0.6) is 11.5 Å². The largest absolute Gasteiger partial charge is 0.484 e. The van der Waals surface area contributed by atoms with Crippen LogP contribution in [0.4, 0.5) is 5.69 Å². The first-order chi connectivity index (χ1) is 11.0. The van der Waals surface area contributed by atoms with Crippen molar-refractivity contribution in [1.29, 1.82) is 0 Å². The first-order valence-corrected chi connectivity index (χ1v) is 7.11. The van der Waals surface area contributed by atoms with Gasteiger partial charge in [0.05, 0.1) is 5.02 Å². The van der Waals surface area contributed by atoms with E-state index in [1.807, 2.05) is 0 Å². The maximum Gasteiger partial charge on any atom is 0.262 e. The fraction of sp³-hybridized carbons (Fsp3) is 0.125. The average molecular weight is 335 g/mol. The maximum atomic E-state index is 11.9. The van der Waals surface area contributed by atoms with E-state index in [9.17, 15) is 9.59 Å². The first-order valence-electron chi connectivity index (χ1n) is 6.73. The van der Waals surface area contributed by atoms with Crippen LogP contribution >= 0.6 is 11.6 Å². The fourth-order valence-electron chi connectivity index (χ4n) is 1.72. The van der Waals surface area contributed by atoms with Gasteiger partial charge >= 0.3 is 0 Å². The van der Waals surface area contributed by atoms with Crippen LogP contribution in [-0.2, 0) is 9.59 Å². The molecule has 23 heavy (non-hydrogen) atoms. The Morgan fingerprint density at radius 1 is 1.04 bits per heavy atom. The van der Waals surface area contributed by atoms with Crippen molar-refractivity contribution in [3.05, 3.63) is 53.6 Å². The number of halogens is 1. The molecule has 0 aromatic heterocycles. The van der Waals surface area contributed by atoms with Crippen molar-refractivity contribution in [3.63, 3.8) is 0 Å². The molecule has 0 heterocycles. The third-order valence-electron chi connectivity index (χ3n) is 2.69. The number of hydrogen-bond donors (Lipinski definition) is 2. The zero-order valence-corrected chi connectivity index (χ0v) is 12.9. The number of carbonyl (C=O) groups is 2. The average Bonchev–Trinajstić information content (AvgIpc) is 2.52. The molecule has 0 aliphatic rings. The molecule has 0 fully saturated rings. The number of amides is 2. The summed E-state index contributed by atoms with van der Waals surface area (Å²) in [6.07, 6.45) is 0. The summed E-state index contributed by atoms with van der Waals surface area (Å²) in [5.41, 5.74) is 5.52. The summed E-state index contributed by atoms with van der Waals surface area (Å²) in [5.74, 6) is -0.0685. The van der Waals surface area contributed by atoms with Gasteiger partial charge in [0, 0.05) is 11.8 Å². The molecule has 3 N–H and O–H groups in total. The fourth-order valence-corrected chi connectivity index (χ4v) is 1.91. The molecule has 0 bridgehead atoms. The van der Waals surface area contributed by atoms with E-state index in [1.54, 1.807) is 48.5 Å². The number of benzene rings is 2. The molecule has 2 aromatic rings. The third-order valence-corrected chi connectivity index (χ3v) is 3.01. The van der Waals surface area contributed by atoms with Gasteiger partial charge in [-0.05, 0) is 24.3 Å². The van der Waals surface area contributed by atoms with Crippen LogP contribution in [-0.4, -0.2) is 25.0 Å². The summed E-state index contributed by atoms with van der Waals surface area (Å²) in [7, 11) is 0. The van der Waals surface area contributed by atoms with Crippen molar-refractivity contribution in [2.75, 3.05) is 18.5 Å². The molecule has 2 rings (SSSR count). The highest BCUT2D eigenvalue weighted by atomic mass is 35.5. The summed E-state index contributed by atoms with van der Waals surface area (Å²) in [5, 5.41) is 3.09. The summed E-state index contributed by atoms with van der Waals surface area (Å²) < 4.78 is 10.5. The summed E-state index contributed by atoms with van der Waals surface area (Å²) in [4.78, 5) is 22.6. The Bertz CT molecular complexity index is 706. The summed E-state index contributed by atoms with van der Waals surface area (Å²) in [6, 6.07) is 13.5. The third kappa shape index (κ3) is 5.52. The predicted octanol–water partition coefficient (Wildman–Crippen LogP) is 2.22. The number of nitrogens with two attached hydrogens (primary N) is 1. The number of ether oxygens (including phenoxy) is 2. The highest BCUT2D eigenvalue weighted by molar-refractivity contribution is 6.32. The molecule has 0 saturated heterocycles. The van der Waals surface area contributed by atoms with E-state index >= 15 is 0 Å². The molecular weight excluding hydrogens is 320 g/mol. The Kier molecular flexibility index (Phi) is 5.82. The van der Waals surface area contributed by atoms with E-state index in [-0.39, 0.29) is 19.1 Å². The Labute approximate surface area is 138 Å². The van der Waals surface area contributed by atoms with Crippen molar-refractivity contribution < 1.29 is 19.1 Å². The van der Waals surface area contributed by atoms with Gasteiger partial charge in [0.15, 0.2) is 13.2 Å². The number of primary amides is 1. The van der Waals surface area contributed by atoms with Crippen LogP contribution in [0.3, 0.4) is 0 Å². The minimum atomic E-state index is -0.576. The second kappa shape index (κ2) is 8.05. The quantitative estimate of drug-likeness (QED) is 0.812. The second-order valence-electron chi connectivity index (χ2n) is 4.55. The molecule has 120 valence electrons. The van der Waals surface area contributed by atoms with Gasteiger partial charge in [-0.25, -0.2) is 0 Å². The Hall–Kier alpha value is -2.73. The van der Waals surface area contributed by atoms with E-state index in [0.717, 1.165) is 0 Å². The van der Waals surface area contributed by atoms with Gasteiger partial charge in [-0.3, -0.25) is 9.59 Å². The lowest BCUT2D eigenvalue weighted by Gasteiger charge is -2.10. The highest BCUT2D eigenvalue weighted by Gasteiger charge is 2.07. The first kappa shape index (κ1) is 16.6. The monoisotopic (exact) mass is 334 g/mol. The highest BCUT2D eigenvalue weighted by Crippen LogP contribution is 2.23. The Morgan fingerprint density at radius 2 is 1.83 bits per heavy atom. The van der Waals surface area contributed by atoms with Gasteiger partial charge in [0.1, 0.15) is 11.5 Å². The lowest BCUT2D eigenvalue weighted by molar-refractivity contribution is -0.120. The minimum Gasteiger partial charge on any atom is -0.484 e. The standard InChI is InChI=1S/C16H15ClN2O4/c17-13-6-1-2-7-14(13)23-10-16(21)19-11-4-3-5-12(8-11)22-9-15(18)20/h1-8H,9-10H2,(H2,18,20)(H,19,21). The molecule has 0 unspecified atom stereocenters. The van der Waals surface area contributed by atoms with Crippen LogP contribution in [0, 0.1) is 0 Å². The van der Waals surface area contributed by atoms with E-state index in [4.69, 9.17) is 26.8 Å². The van der Waals surface area contributed by atoms with Crippen LogP contribution < -0.4 is 20.5 Å². The molecule has 0 spiro atoms. The number of hydrogen-bond acceptors (Lipinski definition) is 4. The number of rotatable bonds is 7. The van der Waals surface area contributed by atoms with Crippen molar-refractivity contribution >= 4 is 29.1 Å². The minimum absolute atomic E-state index is 0.184. The van der Waals surface area contributed by atoms with E-state index in [0.29, 0.717) is 22.2 Å². The lowest BCUT2D eigenvalue weighted by Crippen LogP contribution is -2.21. The Morgan fingerprint density at radius 3 is 2.57 bits per heavy atom. The molecule has 0 aliphatic carbocycles. The van der Waals surface area contributed by atoms with Crippen LogP contribution in [0.2, 0.25) is 5.02 Å². The van der Waals surface area contributed by atoms with Crippen molar-refractivity contribution in [2.24, 2.45) is 5.73 Å². The van der Waals surface area contributed by atoms with E-state index in [1.165, 1.54) is 0 Å². The number of nitrogens with one attached hydrogen (secondary N) is 1. The van der Waals surface area contributed by atoms with Crippen LogP contribution in [0.1, 0.15) is 0 Å². The molecule has 6 nitrogen and oxygen atoms in total. The second-order valence-corrected chi connectivity index (χ2v) is 4.96. The van der Waals surface area contributed by atoms with Gasteiger partial charge in [-0.2, -0.15) is 0 Å². The van der Waals surface area contributed by atoms with E-state index in [2.05, 4.69) is 5.32 Å². The Balaban J connectivity index is 1.89. The van der Waals surface area contributed by atoms with Crippen molar-refractivity contribution in [2.45, 2.75) is 0 Å². The van der Waals surface area contributed by atoms with Gasteiger partial charge in [0.2, 0.25) is 0 Å². The molecule has 2 amide bonds. The van der Waals surface area contributed by atoms with Gasteiger partial charge in [0.25, 0.3) is 11.8 Å². The molecule has 0 aliphatic heterocycles. The molecule has 0 radical (unpaired) electrons. The molecule has 0 atom stereocenters. The number of carbonyl (C=O) groups excluding carboxylic acids is 2. The summed E-state index contributed by atoms with van der Waals surface area (Å²) in [6.45, 7) is -0.414. The predicted molar refractivity (Wildman–Crippen MR) is 86.7 cm³/mol. The van der Waals surface area contributed by atoms with E-state index < -0.39 is 5.91 Å². The molecule has 7 heteroatoms. The SMILES string of the molecule is NC(=O)COc1cccc(NC(=O)COc2ccccc2Cl)c1. The smallest absolute Gasteiger partial charge is 0.262 e. The van der Waals surface area contributed by atoms with Gasteiger partial charge in [-0.15, -0.1) is 0 Å². The summed E-state index contributed by atoms with van der Waals surface area (Å²) >= 11 is 5.94. The zero-order chi connectivity index (χ0) is 16.7. The van der Waals surface area contributed by atoms with Crippen LogP contribution in [0.25, 0.3) is 0 Å². The van der Waals surface area contributed by atoms with Crippen molar-refractivity contribution in [3.8, 4) is 11.5 Å².